The number of aliphatic hydroxyl groups excluding tert-OH is 1. The third kappa shape index (κ3) is 3.93. The van der Waals surface area contributed by atoms with E-state index in [1.54, 1.807) is 0 Å². The Morgan fingerprint density at radius 2 is 2.19 bits per heavy atom. The van der Waals surface area contributed by atoms with Gasteiger partial charge in [-0.2, -0.15) is 5.26 Å². The molecule has 0 aliphatic carbocycles. The van der Waals surface area contributed by atoms with E-state index in [0.717, 1.165) is 11.3 Å². The van der Waals surface area contributed by atoms with Gasteiger partial charge in [0, 0.05) is 6.61 Å². The van der Waals surface area contributed by atoms with Crippen LogP contribution in [-0.4, -0.2) is 23.1 Å². The van der Waals surface area contributed by atoms with E-state index in [0.29, 0.717) is 11.6 Å². The standard InChI is InChI=1S/C11H13N3OS/c1-16-11(13-8-12)14-10-4-2-9(3-5-10)6-7-15/h2-5,15H,6-7H2,1H3,(H,13,14). The van der Waals surface area contributed by atoms with E-state index in [-0.39, 0.29) is 6.61 Å². The van der Waals surface area contributed by atoms with Crippen molar-refractivity contribution >= 4 is 22.6 Å². The number of nitrogens with one attached hydrogen (secondary N) is 1. The first-order chi connectivity index (χ1) is 7.80. The van der Waals surface area contributed by atoms with Crippen LogP contribution in [0.5, 0.6) is 0 Å². The number of amidine groups is 1. The Morgan fingerprint density at radius 1 is 1.50 bits per heavy atom. The van der Waals surface area contributed by atoms with E-state index in [9.17, 15) is 0 Å². The second-order valence-electron chi connectivity index (χ2n) is 3.00. The summed E-state index contributed by atoms with van der Waals surface area (Å²) in [7, 11) is 0. The van der Waals surface area contributed by atoms with Crippen LogP contribution in [-0.2, 0) is 6.42 Å². The summed E-state index contributed by atoms with van der Waals surface area (Å²) in [6, 6.07) is 7.55. The van der Waals surface area contributed by atoms with Gasteiger partial charge in [-0.3, -0.25) is 5.32 Å². The quantitative estimate of drug-likeness (QED) is 0.362. The molecule has 0 unspecified atom stereocenters. The minimum absolute atomic E-state index is 0.147. The number of hydrogen-bond donors (Lipinski definition) is 2. The maximum atomic E-state index is 8.77. The first kappa shape index (κ1) is 12.6. The summed E-state index contributed by atoms with van der Waals surface area (Å²) in [5.74, 6) is 0. The number of hydrogen-bond acceptors (Lipinski definition) is 4. The van der Waals surface area contributed by atoms with Crippen LogP contribution in [0.3, 0.4) is 0 Å². The van der Waals surface area contributed by atoms with Gasteiger partial charge in [0.2, 0.25) is 0 Å². The van der Waals surface area contributed by atoms with Crippen LogP contribution < -0.4 is 5.32 Å². The summed E-state index contributed by atoms with van der Waals surface area (Å²) < 4.78 is 0. The van der Waals surface area contributed by atoms with Gasteiger partial charge < -0.3 is 5.11 Å². The topological polar surface area (TPSA) is 68.4 Å². The van der Waals surface area contributed by atoms with E-state index in [2.05, 4.69) is 10.3 Å². The Kier molecular flexibility index (Phi) is 5.40. The molecule has 0 saturated heterocycles. The monoisotopic (exact) mass is 235 g/mol. The fraction of sp³-hybridized carbons (Fsp3) is 0.273. The summed E-state index contributed by atoms with van der Waals surface area (Å²) >= 11 is 1.38. The number of nitriles is 1. The molecule has 0 saturated carbocycles. The highest BCUT2D eigenvalue weighted by molar-refractivity contribution is 8.13. The summed E-state index contributed by atoms with van der Waals surface area (Å²) in [5.41, 5.74) is 1.86. The first-order valence-corrected chi connectivity index (χ1v) is 6.00. The van der Waals surface area contributed by atoms with E-state index < -0.39 is 0 Å². The van der Waals surface area contributed by atoms with Crippen molar-refractivity contribution < 1.29 is 5.11 Å². The lowest BCUT2D eigenvalue weighted by Crippen LogP contribution is -2.12. The predicted octanol–water partition coefficient (Wildman–Crippen LogP) is 1.64. The molecule has 0 atom stereocenters. The van der Waals surface area contributed by atoms with E-state index in [1.807, 2.05) is 36.7 Å². The number of rotatable bonds is 3. The molecule has 5 heteroatoms. The molecule has 0 spiro atoms. The molecule has 0 radical (unpaired) electrons. The largest absolute Gasteiger partial charge is 0.396 e. The van der Waals surface area contributed by atoms with Crippen LogP contribution in [0.4, 0.5) is 5.69 Å². The van der Waals surface area contributed by atoms with Crippen molar-refractivity contribution in [3.63, 3.8) is 0 Å². The fourth-order valence-electron chi connectivity index (χ4n) is 1.16. The molecule has 1 rings (SSSR count). The lowest BCUT2D eigenvalue weighted by atomic mass is 10.1. The molecular formula is C11H13N3OS. The Labute approximate surface area is 99.0 Å². The van der Waals surface area contributed by atoms with Gasteiger partial charge in [-0.15, -0.1) is 0 Å². The van der Waals surface area contributed by atoms with Gasteiger partial charge in [-0.05, 0) is 30.4 Å². The number of benzene rings is 1. The second-order valence-corrected chi connectivity index (χ2v) is 3.79. The summed E-state index contributed by atoms with van der Waals surface area (Å²) in [4.78, 5) is 4.25. The lowest BCUT2D eigenvalue weighted by Gasteiger charge is -2.01. The SMILES string of the molecule is CSC(=Nc1ccc(CCO)cc1)NC#N. The van der Waals surface area contributed by atoms with Crippen LogP contribution in [0.1, 0.15) is 5.56 Å². The maximum Gasteiger partial charge on any atom is 0.183 e. The number of aliphatic hydroxyl groups is 1. The third-order valence-corrected chi connectivity index (χ3v) is 2.50. The zero-order chi connectivity index (χ0) is 11.8. The molecule has 0 fully saturated rings. The molecule has 0 bridgehead atoms. The third-order valence-electron chi connectivity index (χ3n) is 1.92. The zero-order valence-electron chi connectivity index (χ0n) is 8.97. The molecule has 0 heterocycles. The Morgan fingerprint density at radius 3 is 2.69 bits per heavy atom. The summed E-state index contributed by atoms with van der Waals surface area (Å²) in [5, 5.41) is 20.3. The average Bonchev–Trinajstić information content (AvgIpc) is 2.31. The first-order valence-electron chi connectivity index (χ1n) is 4.77. The fourth-order valence-corrected chi connectivity index (χ4v) is 1.50. The van der Waals surface area contributed by atoms with Crippen LogP contribution in [0, 0.1) is 11.5 Å². The summed E-state index contributed by atoms with van der Waals surface area (Å²) in [6.07, 6.45) is 4.34. The van der Waals surface area contributed by atoms with Crippen molar-refractivity contribution in [1.29, 1.82) is 5.26 Å². The second kappa shape index (κ2) is 6.88. The molecule has 0 amide bonds. The number of nitrogens with zero attached hydrogens (tertiary/aromatic N) is 2. The van der Waals surface area contributed by atoms with Gasteiger partial charge in [0.15, 0.2) is 11.4 Å². The van der Waals surface area contributed by atoms with Crippen molar-refractivity contribution in [3.8, 4) is 6.19 Å². The smallest absolute Gasteiger partial charge is 0.183 e. The number of aliphatic imine (C=N–C) groups is 1. The van der Waals surface area contributed by atoms with Gasteiger partial charge in [0.25, 0.3) is 0 Å². The molecule has 1 aromatic carbocycles. The molecule has 0 aliphatic rings. The van der Waals surface area contributed by atoms with Crippen molar-refractivity contribution in [2.45, 2.75) is 6.42 Å². The Bertz CT molecular complexity index is 395. The number of thioether (sulfide) groups is 1. The van der Waals surface area contributed by atoms with Crippen LogP contribution >= 0.6 is 11.8 Å². The molecule has 0 aliphatic heterocycles. The van der Waals surface area contributed by atoms with Crippen LogP contribution in [0.15, 0.2) is 29.3 Å². The highest BCUT2D eigenvalue weighted by Gasteiger charge is 1.97. The Hall–Kier alpha value is -1.51. The highest BCUT2D eigenvalue weighted by atomic mass is 32.2. The normalized spacial score (nSPS) is 10.9. The molecular weight excluding hydrogens is 222 g/mol. The van der Waals surface area contributed by atoms with Gasteiger partial charge in [-0.25, -0.2) is 4.99 Å². The maximum absolute atomic E-state index is 8.77. The van der Waals surface area contributed by atoms with E-state index in [4.69, 9.17) is 10.4 Å². The molecule has 4 nitrogen and oxygen atoms in total. The van der Waals surface area contributed by atoms with Crippen LogP contribution in [0.25, 0.3) is 0 Å². The predicted molar refractivity (Wildman–Crippen MR) is 66.6 cm³/mol. The van der Waals surface area contributed by atoms with Crippen LogP contribution in [0.2, 0.25) is 0 Å². The van der Waals surface area contributed by atoms with Gasteiger partial charge in [0.05, 0.1) is 5.69 Å². The Balaban J connectivity index is 2.77. The van der Waals surface area contributed by atoms with Crippen molar-refractivity contribution in [1.82, 2.24) is 5.32 Å². The van der Waals surface area contributed by atoms with Gasteiger partial charge >= 0.3 is 0 Å². The van der Waals surface area contributed by atoms with E-state index in [1.165, 1.54) is 11.8 Å². The van der Waals surface area contributed by atoms with Crippen molar-refractivity contribution in [3.05, 3.63) is 29.8 Å². The molecule has 84 valence electrons. The minimum Gasteiger partial charge on any atom is -0.396 e. The molecule has 16 heavy (non-hydrogen) atoms. The molecule has 2 N–H and O–H groups in total. The zero-order valence-corrected chi connectivity index (χ0v) is 9.79. The van der Waals surface area contributed by atoms with E-state index >= 15 is 0 Å². The highest BCUT2D eigenvalue weighted by Crippen LogP contribution is 2.15. The lowest BCUT2D eigenvalue weighted by molar-refractivity contribution is 0.299. The summed E-state index contributed by atoms with van der Waals surface area (Å²) in [6.45, 7) is 0.147. The molecule has 0 aromatic heterocycles. The van der Waals surface area contributed by atoms with Crippen molar-refractivity contribution in [2.24, 2.45) is 4.99 Å². The van der Waals surface area contributed by atoms with Gasteiger partial charge in [-0.1, -0.05) is 23.9 Å². The molecule has 1 aromatic rings. The van der Waals surface area contributed by atoms with Gasteiger partial charge in [0.1, 0.15) is 0 Å². The van der Waals surface area contributed by atoms with Crippen molar-refractivity contribution in [2.75, 3.05) is 12.9 Å². The minimum atomic E-state index is 0.147. The average molecular weight is 235 g/mol.